The van der Waals surface area contributed by atoms with Gasteiger partial charge in [-0.1, -0.05) is 23.7 Å². The van der Waals surface area contributed by atoms with Gasteiger partial charge in [-0.2, -0.15) is 0 Å². The van der Waals surface area contributed by atoms with Gasteiger partial charge in [0.1, 0.15) is 10.7 Å². The van der Waals surface area contributed by atoms with E-state index in [-0.39, 0.29) is 11.3 Å². The van der Waals surface area contributed by atoms with E-state index >= 15 is 0 Å². The molecular weight excluding hydrogens is 306 g/mol. The molecule has 1 amide bonds. The number of halogens is 1. The minimum absolute atomic E-state index is 0.0350. The van der Waals surface area contributed by atoms with Gasteiger partial charge in [-0.15, -0.1) is 11.3 Å². The van der Waals surface area contributed by atoms with Gasteiger partial charge in [-0.05, 0) is 30.5 Å². The van der Waals surface area contributed by atoms with Crippen LogP contribution in [0.5, 0.6) is 0 Å². The fourth-order valence-electron chi connectivity index (χ4n) is 2.39. The van der Waals surface area contributed by atoms with Gasteiger partial charge >= 0.3 is 0 Å². The number of hydrogen-bond donors (Lipinski definition) is 2. The van der Waals surface area contributed by atoms with Gasteiger partial charge in [0.2, 0.25) is 0 Å². The standard InChI is InChI=1S/C15H16ClN3OS/c16-11-3-1-2-10(6-11)15(4-5-15)9-18-14(20)12-8-21-13(7-17)19-12/h1-3,6,8H,4-5,7,9,17H2,(H,18,20). The van der Waals surface area contributed by atoms with Crippen LogP contribution >= 0.6 is 22.9 Å². The third kappa shape index (κ3) is 3.10. The lowest BCUT2D eigenvalue weighted by Gasteiger charge is -2.16. The monoisotopic (exact) mass is 321 g/mol. The van der Waals surface area contributed by atoms with Crippen molar-refractivity contribution >= 4 is 28.8 Å². The molecule has 0 saturated heterocycles. The number of nitrogens with one attached hydrogen (secondary N) is 1. The average Bonchev–Trinajstić information content (AvgIpc) is 3.13. The van der Waals surface area contributed by atoms with Gasteiger partial charge in [0, 0.05) is 28.9 Å². The van der Waals surface area contributed by atoms with E-state index in [0.717, 1.165) is 22.9 Å². The summed E-state index contributed by atoms with van der Waals surface area (Å²) in [6, 6.07) is 7.87. The predicted molar refractivity (Wildman–Crippen MR) is 84.7 cm³/mol. The molecule has 1 fully saturated rings. The van der Waals surface area contributed by atoms with Crippen LogP contribution < -0.4 is 11.1 Å². The number of rotatable bonds is 5. The van der Waals surface area contributed by atoms with E-state index in [0.29, 0.717) is 18.8 Å². The van der Waals surface area contributed by atoms with Crippen LogP contribution in [0.15, 0.2) is 29.6 Å². The summed E-state index contributed by atoms with van der Waals surface area (Å²) in [4.78, 5) is 16.3. The number of carbonyl (C=O) groups excluding carboxylic acids is 1. The molecule has 1 aromatic carbocycles. The molecule has 6 heteroatoms. The molecule has 1 heterocycles. The van der Waals surface area contributed by atoms with E-state index < -0.39 is 0 Å². The second-order valence-corrected chi connectivity index (χ2v) is 6.68. The first kappa shape index (κ1) is 14.5. The Morgan fingerprint density at radius 3 is 2.90 bits per heavy atom. The molecule has 0 spiro atoms. The third-order valence-electron chi connectivity index (χ3n) is 3.84. The number of amides is 1. The number of thiazole rings is 1. The van der Waals surface area contributed by atoms with Crippen LogP contribution in [-0.2, 0) is 12.0 Å². The first-order valence-electron chi connectivity index (χ1n) is 6.82. The third-order valence-corrected chi connectivity index (χ3v) is 4.94. The molecule has 0 aliphatic heterocycles. The van der Waals surface area contributed by atoms with Crippen LogP contribution in [0.4, 0.5) is 0 Å². The van der Waals surface area contributed by atoms with Crippen molar-refractivity contribution in [1.82, 2.24) is 10.3 Å². The maximum absolute atomic E-state index is 12.1. The Morgan fingerprint density at radius 2 is 2.29 bits per heavy atom. The summed E-state index contributed by atoms with van der Waals surface area (Å²) in [6.45, 7) is 0.978. The SMILES string of the molecule is NCc1nc(C(=O)NCC2(c3cccc(Cl)c3)CC2)cs1. The summed E-state index contributed by atoms with van der Waals surface area (Å²) in [5.41, 5.74) is 7.18. The van der Waals surface area contributed by atoms with Crippen LogP contribution in [0.25, 0.3) is 0 Å². The molecule has 1 aliphatic rings. The van der Waals surface area contributed by atoms with E-state index in [1.54, 1.807) is 5.38 Å². The Bertz CT molecular complexity index is 666. The number of aromatic nitrogens is 1. The highest BCUT2D eigenvalue weighted by Crippen LogP contribution is 2.48. The largest absolute Gasteiger partial charge is 0.350 e. The molecule has 3 rings (SSSR count). The molecule has 1 saturated carbocycles. The molecule has 0 atom stereocenters. The van der Waals surface area contributed by atoms with E-state index in [2.05, 4.69) is 16.4 Å². The first-order chi connectivity index (χ1) is 10.1. The van der Waals surface area contributed by atoms with Gasteiger partial charge in [0.15, 0.2) is 0 Å². The number of carbonyl (C=O) groups is 1. The van der Waals surface area contributed by atoms with Crippen molar-refractivity contribution in [1.29, 1.82) is 0 Å². The van der Waals surface area contributed by atoms with Gasteiger partial charge in [-0.3, -0.25) is 4.79 Å². The minimum atomic E-state index is -0.140. The molecule has 0 unspecified atom stereocenters. The Morgan fingerprint density at radius 1 is 1.48 bits per heavy atom. The number of benzene rings is 1. The summed E-state index contributed by atoms with van der Waals surface area (Å²) >= 11 is 7.46. The lowest BCUT2D eigenvalue weighted by molar-refractivity contribution is 0.0945. The molecule has 4 nitrogen and oxygen atoms in total. The normalized spacial score (nSPS) is 15.7. The maximum atomic E-state index is 12.1. The van der Waals surface area contributed by atoms with Gasteiger partial charge in [0.05, 0.1) is 0 Å². The smallest absolute Gasteiger partial charge is 0.270 e. The molecule has 1 aromatic heterocycles. The highest BCUT2D eigenvalue weighted by molar-refractivity contribution is 7.09. The molecule has 2 aromatic rings. The zero-order chi connectivity index (χ0) is 14.9. The van der Waals surface area contributed by atoms with E-state index in [1.165, 1.54) is 16.9 Å². The van der Waals surface area contributed by atoms with Crippen molar-refractivity contribution in [3.05, 3.63) is 50.9 Å². The highest BCUT2D eigenvalue weighted by atomic mass is 35.5. The molecule has 3 N–H and O–H groups in total. The topological polar surface area (TPSA) is 68.0 Å². The zero-order valence-corrected chi connectivity index (χ0v) is 13.0. The van der Waals surface area contributed by atoms with Crippen LogP contribution in [0.1, 0.15) is 33.9 Å². The Kier molecular flexibility index (Phi) is 3.97. The molecule has 0 bridgehead atoms. The summed E-state index contributed by atoms with van der Waals surface area (Å²) in [6.07, 6.45) is 2.14. The van der Waals surface area contributed by atoms with Crippen LogP contribution in [0.2, 0.25) is 5.02 Å². The number of nitrogens with two attached hydrogens (primary N) is 1. The van der Waals surface area contributed by atoms with E-state index in [4.69, 9.17) is 17.3 Å². The first-order valence-corrected chi connectivity index (χ1v) is 8.07. The summed E-state index contributed by atoms with van der Waals surface area (Å²) in [5, 5.41) is 6.23. The van der Waals surface area contributed by atoms with Crippen molar-refractivity contribution in [2.24, 2.45) is 5.73 Å². The fourth-order valence-corrected chi connectivity index (χ4v) is 3.23. The summed E-state index contributed by atoms with van der Waals surface area (Å²) in [5.74, 6) is -0.140. The summed E-state index contributed by atoms with van der Waals surface area (Å²) in [7, 11) is 0. The Hall–Kier alpha value is -1.43. The molecular formula is C15H16ClN3OS. The number of hydrogen-bond acceptors (Lipinski definition) is 4. The van der Waals surface area contributed by atoms with Crippen LogP contribution in [0, 0.1) is 0 Å². The van der Waals surface area contributed by atoms with Crippen molar-refractivity contribution in [2.75, 3.05) is 6.54 Å². The minimum Gasteiger partial charge on any atom is -0.350 e. The van der Waals surface area contributed by atoms with Crippen molar-refractivity contribution in [3.8, 4) is 0 Å². The number of nitrogens with zero attached hydrogens (tertiary/aromatic N) is 1. The Labute approximate surface area is 132 Å². The summed E-state index contributed by atoms with van der Waals surface area (Å²) < 4.78 is 0. The molecule has 110 valence electrons. The quantitative estimate of drug-likeness (QED) is 0.889. The van der Waals surface area contributed by atoms with Crippen molar-refractivity contribution in [3.63, 3.8) is 0 Å². The maximum Gasteiger partial charge on any atom is 0.270 e. The van der Waals surface area contributed by atoms with Gasteiger partial charge in [0.25, 0.3) is 5.91 Å². The van der Waals surface area contributed by atoms with Crippen molar-refractivity contribution in [2.45, 2.75) is 24.8 Å². The predicted octanol–water partition coefficient (Wildman–Crippen LogP) is 2.72. The van der Waals surface area contributed by atoms with Gasteiger partial charge < -0.3 is 11.1 Å². The average molecular weight is 322 g/mol. The second kappa shape index (κ2) is 5.75. The van der Waals surface area contributed by atoms with E-state index in [9.17, 15) is 4.79 Å². The molecule has 21 heavy (non-hydrogen) atoms. The van der Waals surface area contributed by atoms with Crippen LogP contribution in [-0.4, -0.2) is 17.4 Å². The zero-order valence-electron chi connectivity index (χ0n) is 11.4. The van der Waals surface area contributed by atoms with Gasteiger partial charge in [-0.25, -0.2) is 4.98 Å². The Balaban J connectivity index is 1.66. The second-order valence-electron chi connectivity index (χ2n) is 5.30. The van der Waals surface area contributed by atoms with Crippen LogP contribution in [0.3, 0.4) is 0 Å². The fraction of sp³-hybridized carbons (Fsp3) is 0.333. The molecule has 1 aliphatic carbocycles. The molecule has 0 radical (unpaired) electrons. The lowest BCUT2D eigenvalue weighted by Crippen LogP contribution is -2.32. The van der Waals surface area contributed by atoms with Crippen molar-refractivity contribution < 1.29 is 4.79 Å². The highest BCUT2D eigenvalue weighted by Gasteiger charge is 2.44. The van der Waals surface area contributed by atoms with E-state index in [1.807, 2.05) is 18.2 Å². The lowest BCUT2D eigenvalue weighted by atomic mass is 9.96.